The summed E-state index contributed by atoms with van der Waals surface area (Å²) in [7, 11) is 4.01. The Hall–Kier alpha value is -2.74. The van der Waals surface area contributed by atoms with E-state index in [4.69, 9.17) is 0 Å². The lowest BCUT2D eigenvalue weighted by molar-refractivity contribution is 1.01. The molecule has 8 heteroatoms. The molecule has 0 saturated heterocycles. The topological polar surface area (TPSA) is 89.7 Å². The average Bonchev–Trinajstić information content (AvgIpc) is 3.09. The summed E-state index contributed by atoms with van der Waals surface area (Å²) in [5.41, 5.74) is 4.97. The van der Waals surface area contributed by atoms with E-state index in [9.17, 15) is 4.79 Å². The normalized spacial score (nSPS) is 10.8. The number of rotatable bonds is 9. The van der Waals surface area contributed by atoms with Gasteiger partial charge in [-0.3, -0.25) is 9.78 Å². The molecule has 0 atom stereocenters. The van der Waals surface area contributed by atoms with Gasteiger partial charge in [0.25, 0.3) is 5.56 Å². The fourth-order valence-corrected chi connectivity index (χ4v) is 3.59. The van der Waals surface area contributed by atoms with E-state index in [0.717, 1.165) is 40.7 Å². The molecular formula is C20H26N6OS. The quantitative estimate of drug-likeness (QED) is 0.480. The van der Waals surface area contributed by atoms with Crippen LogP contribution in [0.3, 0.4) is 0 Å². The van der Waals surface area contributed by atoms with Gasteiger partial charge in [0.15, 0.2) is 0 Å². The third-order valence-electron chi connectivity index (χ3n) is 4.43. The molecule has 0 aliphatic carbocycles. The Balaban J connectivity index is 1.48. The fourth-order valence-electron chi connectivity index (χ4n) is 2.71. The van der Waals surface area contributed by atoms with E-state index in [1.54, 1.807) is 24.3 Å². The molecule has 0 saturated carbocycles. The molecule has 0 radical (unpaired) electrons. The smallest absolute Gasteiger partial charge is 0.255 e. The lowest BCUT2D eigenvalue weighted by Crippen LogP contribution is -2.18. The Morgan fingerprint density at radius 3 is 2.61 bits per heavy atom. The molecule has 1 aromatic carbocycles. The van der Waals surface area contributed by atoms with Gasteiger partial charge in [-0.25, -0.2) is 9.97 Å². The van der Waals surface area contributed by atoms with E-state index in [2.05, 4.69) is 37.4 Å². The minimum Gasteiger partial charge on any atom is -0.378 e. The minimum absolute atomic E-state index is 0.103. The number of aryl methyl sites for hydroxylation is 1. The second-order valence-corrected chi connectivity index (χ2v) is 7.88. The third-order valence-corrected chi connectivity index (χ3v) is 5.40. The van der Waals surface area contributed by atoms with Gasteiger partial charge in [-0.1, -0.05) is 12.1 Å². The second kappa shape index (κ2) is 9.45. The number of nitrogens with zero attached hydrogens (tertiary/aromatic N) is 3. The van der Waals surface area contributed by atoms with Gasteiger partial charge in [0.1, 0.15) is 0 Å². The molecule has 2 aromatic heterocycles. The maximum absolute atomic E-state index is 12.3. The van der Waals surface area contributed by atoms with Gasteiger partial charge in [0, 0.05) is 61.7 Å². The van der Waals surface area contributed by atoms with Crippen LogP contribution in [-0.2, 0) is 12.2 Å². The minimum atomic E-state index is -0.103. The maximum Gasteiger partial charge on any atom is 0.255 e. The Bertz CT molecular complexity index is 948. The molecule has 0 aliphatic rings. The van der Waals surface area contributed by atoms with Gasteiger partial charge in [0.2, 0.25) is 5.95 Å². The van der Waals surface area contributed by atoms with Crippen molar-refractivity contribution in [3.8, 4) is 0 Å². The zero-order valence-electron chi connectivity index (χ0n) is 16.5. The van der Waals surface area contributed by atoms with Crippen molar-refractivity contribution in [1.29, 1.82) is 0 Å². The van der Waals surface area contributed by atoms with Crippen LogP contribution in [0.4, 0.5) is 11.6 Å². The predicted molar refractivity (Wildman–Crippen MR) is 116 cm³/mol. The Kier molecular flexibility index (Phi) is 6.76. The number of H-pyrrole nitrogens is 2. The summed E-state index contributed by atoms with van der Waals surface area (Å²) in [6, 6.07) is 8.18. The molecule has 28 heavy (non-hydrogen) atoms. The number of benzene rings is 1. The van der Waals surface area contributed by atoms with Crippen LogP contribution in [0.1, 0.15) is 22.5 Å². The van der Waals surface area contributed by atoms with Crippen molar-refractivity contribution >= 4 is 23.4 Å². The molecule has 3 aromatic rings. The molecule has 0 unspecified atom stereocenters. The highest BCUT2D eigenvalue weighted by molar-refractivity contribution is 7.98. The number of hydrogen-bond acceptors (Lipinski definition) is 6. The first-order valence-electron chi connectivity index (χ1n) is 9.18. The number of hydrogen-bond donors (Lipinski definition) is 3. The maximum atomic E-state index is 12.3. The third kappa shape index (κ3) is 5.39. The SMILES string of the molecule is Cc1[nH]cnc1CSCCNc1ncc(Cc2ccc(N(C)C)cc2)c(=O)[nH]1. The summed E-state index contributed by atoms with van der Waals surface area (Å²) in [6.45, 7) is 2.75. The molecule has 2 heterocycles. The van der Waals surface area contributed by atoms with Crippen LogP contribution in [0.5, 0.6) is 0 Å². The number of anilines is 2. The molecule has 0 fully saturated rings. The highest BCUT2D eigenvalue weighted by atomic mass is 32.2. The number of thioether (sulfide) groups is 1. The lowest BCUT2D eigenvalue weighted by Gasteiger charge is -2.12. The van der Waals surface area contributed by atoms with Crippen LogP contribution in [0.15, 0.2) is 41.6 Å². The zero-order chi connectivity index (χ0) is 19.9. The van der Waals surface area contributed by atoms with Crippen LogP contribution < -0.4 is 15.8 Å². The number of nitrogens with one attached hydrogen (secondary N) is 3. The van der Waals surface area contributed by atoms with Crippen LogP contribution in [0.25, 0.3) is 0 Å². The molecule has 3 rings (SSSR count). The van der Waals surface area contributed by atoms with E-state index in [0.29, 0.717) is 17.9 Å². The number of imidazole rings is 1. The molecular weight excluding hydrogens is 372 g/mol. The summed E-state index contributed by atoms with van der Waals surface area (Å²) < 4.78 is 0. The molecule has 0 aliphatic heterocycles. The van der Waals surface area contributed by atoms with Crippen molar-refractivity contribution in [3.05, 3.63) is 69.7 Å². The van der Waals surface area contributed by atoms with Gasteiger partial charge in [-0.15, -0.1) is 0 Å². The van der Waals surface area contributed by atoms with Crippen LogP contribution in [0.2, 0.25) is 0 Å². The van der Waals surface area contributed by atoms with Gasteiger partial charge < -0.3 is 15.2 Å². The summed E-state index contributed by atoms with van der Waals surface area (Å²) >= 11 is 1.79. The Morgan fingerprint density at radius 2 is 1.96 bits per heavy atom. The van der Waals surface area contributed by atoms with Crippen LogP contribution in [-0.4, -0.2) is 46.3 Å². The molecule has 7 nitrogen and oxygen atoms in total. The van der Waals surface area contributed by atoms with E-state index in [1.807, 2.05) is 38.1 Å². The second-order valence-electron chi connectivity index (χ2n) is 6.78. The number of aromatic amines is 2. The number of aromatic nitrogens is 4. The monoisotopic (exact) mass is 398 g/mol. The Labute approximate surface area is 169 Å². The van der Waals surface area contributed by atoms with Crippen molar-refractivity contribution in [3.63, 3.8) is 0 Å². The van der Waals surface area contributed by atoms with Gasteiger partial charge in [0.05, 0.1) is 12.0 Å². The van der Waals surface area contributed by atoms with Gasteiger partial charge >= 0.3 is 0 Å². The summed E-state index contributed by atoms with van der Waals surface area (Å²) in [5.74, 6) is 2.27. The Morgan fingerprint density at radius 1 is 1.18 bits per heavy atom. The van der Waals surface area contributed by atoms with Crippen molar-refractivity contribution in [2.24, 2.45) is 0 Å². The van der Waals surface area contributed by atoms with E-state index < -0.39 is 0 Å². The summed E-state index contributed by atoms with van der Waals surface area (Å²) in [4.78, 5) is 28.9. The largest absolute Gasteiger partial charge is 0.378 e. The van der Waals surface area contributed by atoms with E-state index in [1.165, 1.54) is 0 Å². The molecule has 0 spiro atoms. The summed E-state index contributed by atoms with van der Waals surface area (Å²) in [6.07, 6.45) is 3.94. The van der Waals surface area contributed by atoms with E-state index >= 15 is 0 Å². The lowest BCUT2D eigenvalue weighted by atomic mass is 10.1. The molecule has 148 valence electrons. The van der Waals surface area contributed by atoms with Crippen molar-refractivity contribution in [2.45, 2.75) is 19.1 Å². The standard InChI is InChI=1S/C20H26N6OS/c1-14-18(24-13-23-14)12-28-9-8-21-20-22-11-16(19(27)25-20)10-15-4-6-17(7-5-15)26(2)3/h4-7,11,13H,8-10,12H2,1-3H3,(H,23,24)(H2,21,22,25,27). The average molecular weight is 399 g/mol. The highest BCUT2D eigenvalue weighted by Gasteiger charge is 2.05. The van der Waals surface area contributed by atoms with Crippen LogP contribution in [0, 0.1) is 6.92 Å². The van der Waals surface area contributed by atoms with Crippen molar-refractivity contribution in [2.75, 3.05) is 36.6 Å². The predicted octanol–water partition coefficient (Wildman–Crippen LogP) is 2.80. The highest BCUT2D eigenvalue weighted by Crippen LogP contribution is 2.14. The van der Waals surface area contributed by atoms with Crippen molar-refractivity contribution < 1.29 is 0 Å². The van der Waals surface area contributed by atoms with Gasteiger partial charge in [-0.2, -0.15) is 11.8 Å². The zero-order valence-corrected chi connectivity index (χ0v) is 17.3. The van der Waals surface area contributed by atoms with Crippen LogP contribution >= 0.6 is 11.8 Å². The van der Waals surface area contributed by atoms with Gasteiger partial charge in [-0.05, 0) is 24.6 Å². The first kappa shape index (κ1) is 20.0. The summed E-state index contributed by atoms with van der Waals surface area (Å²) in [5, 5.41) is 3.17. The molecule has 0 amide bonds. The van der Waals surface area contributed by atoms with Crippen molar-refractivity contribution in [1.82, 2.24) is 19.9 Å². The van der Waals surface area contributed by atoms with E-state index in [-0.39, 0.29) is 5.56 Å². The molecule has 3 N–H and O–H groups in total. The fraction of sp³-hybridized carbons (Fsp3) is 0.350. The first-order chi connectivity index (χ1) is 13.5. The molecule has 0 bridgehead atoms. The first-order valence-corrected chi connectivity index (χ1v) is 10.3.